The van der Waals surface area contributed by atoms with Crippen LogP contribution in [0.25, 0.3) is 0 Å². The summed E-state index contributed by atoms with van der Waals surface area (Å²) in [6.45, 7) is 3.94. The molecule has 7 atom stereocenters. The van der Waals surface area contributed by atoms with Crippen molar-refractivity contribution in [1.82, 2.24) is 25.3 Å². The van der Waals surface area contributed by atoms with Gasteiger partial charge in [-0.05, 0) is 52.4 Å². The number of fused-ring (bicyclic) bond motifs is 1. The first-order valence-electron chi connectivity index (χ1n) is 12.6. The second-order valence-electron chi connectivity index (χ2n) is 10.9. The Morgan fingerprint density at radius 3 is 2.57 bits per heavy atom. The summed E-state index contributed by atoms with van der Waals surface area (Å²) in [6, 6.07) is -0.417. The number of imide groups is 1. The SMILES string of the molecule is CC1CC(CN2C(=O)C3CC(S(=O)(=O)NC4(CF)CC4)CCC3N(CC3CSC(C)N3)C2=O)ON1. The van der Waals surface area contributed by atoms with E-state index in [1.54, 1.807) is 16.7 Å². The smallest absolute Gasteiger partial charge is 0.319 e. The molecular formula is C22H36FN5O5S2. The maximum atomic E-state index is 13.6. The second-order valence-corrected chi connectivity index (χ2v) is 14.2. The van der Waals surface area contributed by atoms with E-state index in [1.807, 2.05) is 6.92 Å². The van der Waals surface area contributed by atoms with Crippen molar-refractivity contribution in [3.05, 3.63) is 0 Å². The fraction of sp³-hybridized carbons (Fsp3) is 0.909. The number of hydrogen-bond acceptors (Lipinski definition) is 8. The lowest BCUT2D eigenvalue weighted by atomic mass is 9.80. The number of nitrogens with one attached hydrogen (secondary N) is 3. The molecule has 10 nitrogen and oxygen atoms in total. The maximum absolute atomic E-state index is 13.6. The first-order valence-corrected chi connectivity index (χ1v) is 15.2. The van der Waals surface area contributed by atoms with E-state index < -0.39 is 33.4 Å². The van der Waals surface area contributed by atoms with E-state index in [4.69, 9.17) is 4.84 Å². The Hall–Kier alpha value is -0.990. The molecule has 0 aromatic carbocycles. The molecule has 3 saturated heterocycles. The van der Waals surface area contributed by atoms with Gasteiger partial charge in [-0.2, -0.15) is 5.48 Å². The average Bonchev–Trinajstić information content (AvgIpc) is 3.26. The number of hydrogen-bond donors (Lipinski definition) is 3. The molecule has 0 aromatic heterocycles. The van der Waals surface area contributed by atoms with Crippen LogP contribution in [0.4, 0.5) is 9.18 Å². The predicted octanol–water partition coefficient (Wildman–Crippen LogP) is 0.942. The van der Waals surface area contributed by atoms with Crippen molar-refractivity contribution in [1.29, 1.82) is 0 Å². The van der Waals surface area contributed by atoms with Gasteiger partial charge >= 0.3 is 6.03 Å². The molecule has 2 aliphatic carbocycles. The molecule has 0 radical (unpaired) electrons. The number of sulfonamides is 1. The van der Waals surface area contributed by atoms with E-state index in [-0.39, 0.29) is 49.1 Å². The van der Waals surface area contributed by atoms with Crippen molar-refractivity contribution in [2.45, 2.75) is 92.8 Å². The zero-order valence-electron chi connectivity index (χ0n) is 20.2. The molecule has 5 fully saturated rings. The Morgan fingerprint density at radius 1 is 1.20 bits per heavy atom. The number of rotatable bonds is 8. The molecular weight excluding hydrogens is 497 g/mol. The van der Waals surface area contributed by atoms with Crippen LogP contribution in [0, 0.1) is 5.92 Å². The van der Waals surface area contributed by atoms with Gasteiger partial charge in [-0.1, -0.05) is 0 Å². The van der Waals surface area contributed by atoms with Crippen LogP contribution in [-0.4, -0.2) is 96.1 Å². The topological polar surface area (TPSA) is 120 Å². The number of urea groups is 1. The van der Waals surface area contributed by atoms with Crippen molar-refractivity contribution < 1.29 is 27.2 Å². The lowest BCUT2D eigenvalue weighted by molar-refractivity contribution is -0.142. The van der Waals surface area contributed by atoms with Crippen LogP contribution in [-0.2, 0) is 19.7 Å². The van der Waals surface area contributed by atoms with Crippen LogP contribution in [0.3, 0.4) is 0 Å². The highest BCUT2D eigenvalue weighted by Crippen LogP contribution is 2.41. The molecule has 198 valence electrons. The molecule has 5 rings (SSSR count). The van der Waals surface area contributed by atoms with E-state index in [9.17, 15) is 22.4 Å². The number of amides is 3. The van der Waals surface area contributed by atoms with E-state index >= 15 is 0 Å². The summed E-state index contributed by atoms with van der Waals surface area (Å²) in [5.41, 5.74) is 1.92. The number of thioether (sulfide) groups is 1. The third kappa shape index (κ3) is 5.22. The number of carbonyl (C=O) groups is 2. The highest BCUT2D eigenvalue weighted by Gasteiger charge is 2.54. The normalized spacial score (nSPS) is 39.2. The van der Waals surface area contributed by atoms with Crippen LogP contribution >= 0.6 is 11.8 Å². The minimum atomic E-state index is -3.79. The first-order chi connectivity index (χ1) is 16.6. The zero-order valence-corrected chi connectivity index (χ0v) is 21.9. The van der Waals surface area contributed by atoms with E-state index in [1.165, 1.54) is 4.90 Å². The molecule has 3 heterocycles. The van der Waals surface area contributed by atoms with Crippen molar-refractivity contribution in [2.24, 2.45) is 5.92 Å². The molecule has 5 aliphatic rings. The minimum absolute atomic E-state index is 0.112. The van der Waals surface area contributed by atoms with Gasteiger partial charge in [-0.25, -0.2) is 22.3 Å². The Bertz CT molecular complexity index is 951. The van der Waals surface area contributed by atoms with E-state index in [2.05, 4.69) is 22.4 Å². The molecule has 35 heavy (non-hydrogen) atoms. The first kappa shape index (κ1) is 25.7. The van der Waals surface area contributed by atoms with E-state index in [0.717, 1.165) is 5.75 Å². The van der Waals surface area contributed by atoms with Crippen LogP contribution in [0.2, 0.25) is 0 Å². The van der Waals surface area contributed by atoms with E-state index in [0.29, 0.717) is 44.0 Å². The average molecular weight is 534 g/mol. The predicted molar refractivity (Wildman–Crippen MR) is 130 cm³/mol. The Labute approximate surface area is 210 Å². The van der Waals surface area contributed by atoms with Crippen molar-refractivity contribution in [3.63, 3.8) is 0 Å². The van der Waals surface area contributed by atoms with Crippen LogP contribution < -0.4 is 15.5 Å². The lowest BCUT2D eigenvalue weighted by Gasteiger charge is -2.49. The molecule has 7 unspecified atom stereocenters. The fourth-order valence-corrected chi connectivity index (χ4v) is 8.81. The molecule has 0 bridgehead atoms. The zero-order chi connectivity index (χ0) is 25.0. The quantitative estimate of drug-likeness (QED) is 0.422. The van der Waals surface area contributed by atoms with Gasteiger partial charge < -0.3 is 10.2 Å². The number of nitrogens with zero attached hydrogens (tertiary/aromatic N) is 2. The standard InChI is InChI=1S/C22H36FN5O5S2/c1-13-7-16(33-25-13)10-28-20(29)18-8-17(35(31,32)26-22(12-23)5-6-22)3-4-19(18)27(21(28)30)9-15-11-34-14(2)24-15/h13-19,24-26H,3-12H2,1-2H3. The molecule has 3 N–H and O–H groups in total. The van der Waals surface area contributed by atoms with Gasteiger partial charge in [0, 0.05) is 30.4 Å². The summed E-state index contributed by atoms with van der Waals surface area (Å²) in [7, 11) is -3.79. The number of halogens is 1. The monoisotopic (exact) mass is 533 g/mol. The highest BCUT2D eigenvalue weighted by atomic mass is 32.2. The Morgan fingerprint density at radius 2 is 1.97 bits per heavy atom. The maximum Gasteiger partial charge on any atom is 0.327 e. The van der Waals surface area contributed by atoms with Crippen LogP contribution in [0.1, 0.15) is 52.4 Å². The third-order valence-corrected chi connectivity index (χ3v) is 11.3. The summed E-state index contributed by atoms with van der Waals surface area (Å²) in [4.78, 5) is 35.8. The Balaban J connectivity index is 1.36. The molecule has 2 saturated carbocycles. The van der Waals surface area contributed by atoms with Gasteiger partial charge in [0.1, 0.15) is 6.67 Å². The fourth-order valence-electron chi connectivity index (χ4n) is 5.86. The molecule has 0 spiro atoms. The second kappa shape index (κ2) is 9.71. The van der Waals surface area contributed by atoms with Crippen LogP contribution in [0.5, 0.6) is 0 Å². The van der Waals surface area contributed by atoms with Crippen molar-refractivity contribution in [2.75, 3.05) is 25.5 Å². The summed E-state index contributed by atoms with van der Waals surface area (Å²) in [5, 5.41) is 3.00. The summed E-state index contributed by atoms with van der Waals surface area (Å²) < 4.78 is 42.2. The Kier molecular flexibility index (Phi) is 7.12. The van der Waals surface area contributed by atoms with Gasteiger partial charge in [0.15, 0.2) is 0 Å². The van der Waals surface area contributed by atoms with Gasteiger partial charge in [0.2, 0.25) is 15.9 Å². The van der Waals surface area contributed by atoms with Gasteiger partial charge in [0.05, 0.1) is 34.7 Å². The number of alkyl halides is 1. The number of hydroxylamine groups is 1. The molecule has 3 aliphatic heterocycles. The lowest BCUT2D eigenvalue weighted by Crippen LogP contribution is -2.66. The summed E-state index contributed by atoms with van der Waals surface area (Å²) in [5.74, 6) is -0.0646. The minimum Gasteiger partial charge on any atom is -0.319 e. The highest BCUT2D eigenvalue weighted by molar-refractivity contribution is 8.00. The third-order valence-electron chi connectivity index (χ3n) is 8.01. The van der Waals surface area contributed by atoms with Gasteiger partial charge in [-0.3, -0.25) is 14.5 Å². The number of carbonyl (C=O) groups excluding carboxylic acids is 2. The van der Waals surface area contributed by atoms with Crippen molar-refractivity contribution >= 4 is 33.7 Å². The van der Waals surface area contributed by atoms with Crippen LogP contribution in [0.15, 0.2) is 0 Å². The molecule has 13 heteroatoms. The molecule has 3 amide bonds. The summed E-state index contributed by atoms with van der Waals surface area (Å²) in [6.07, 6.45) is 2.26. The van der Waals surface area contributed by atoms with Gasteiger partial charge in [-0.15, -0.1) is 11.8 Å². The van der Waals surface area contributed by atoms with Gasteiger partial charge in [0.25, 0.3) is 0 Å². The molecule has 0 aromatic rings. The van der Waals surface area contributed by atoms with Crippen molar-refractivity contribution in [3.8, 4) is 0 Å². The summed E-state index contributed by atoms with van der Waals surface area (Å²) >= 11 is 1.79. The largest absolute Gasteiger partial charge is 0.327 e.